The maximum Gasteiger partial charge on any atom is 0.438 e. The number of para-hydroxylation sites is 1. The second-order valence-corrected chi connectivity index (χ2v) is 7.89. The van der Waals surface area contributed by atoms with Gasteiger partial charge in [0.15, 0.2) is 22.9 Å². The lowest BCUT2D eigenvalue weighted by Gasteiger charge is -2.28. The summed E-state index contributed by atoms with van der Waals surface area (Å²) in [5.41, 5.74) is 4.72. The van der Waals surface area contributed by atoms with E-state index >= 15 is 0 Å². The molecule has 33 heavy (non-hydrogen) atoms. The first-order chi connectivity index (χ1) is 15.9. The first-order valence-corrected chi connectivity index (χ1v) is 10.5. The largest absolute Gasteiger partial charge is 0.504 e. The number of ether oxygens (including phenoxy) is 1. The molecule has 1 aliphatic heterocycles. The fourth-order valence-electron chi connectivity index (χ4n) is 3.94. The molecule has 6 heteroatoms. The van der Waals surface area contributed by atoms with E-state index in [1.54, 1.807) is 48.7 Å². The number of hydrogen-bond acceptors (Lipinski definition) is 4. The molecule has 0 bridgehead atoms. The summed E-state index contributed by atoms with van der Waals surface area (Å²) in [5, 5.41) is 12.6. The van der Waals surface area contributed by atoms with Gasteiger partial charge in [-0.2, -0.15) is 0 Å². The second-order valence-electron chi connectivity index (χ2n) is 7.89. The standard InChI is InChI=1S/C27H24N2O4/c1-18-9-12-21(15-19(18)2)23-17-28-27(32)29(23,22-7-5-4-6-8-22)26(31)14-11-20-10-13-24(30)25(16-20)33-3/h4-17H,1-3H3,(H-,28,30,31,32)/p+1. The smallest absolute Gasteiger partial charge is 0.438 e. The third-order valence-corrected chi connectivity index (χ3v) is 5.90. The van der Waals surface area contributed by atoms with Crippen LogP contribution in [0.25, 0.3) is 11.8 Å². The molecule has 1 unspecified atom stereocenters. The molecule has 2 N–H and O–H groups in total. The Morgan fingerprint density at radius 3 is 2.45 bits per heavy atom. The molecule has 3 aromatic carbocycles. The lowest BCUT2D eigenvalue weighted by atomic mass is 10.0. The van der Waals surface area contributed by atoms with Gasteiger partial charge in [-0.25, -0.2) is 9.59 Å². The quantitative estimate of drug-likeness (QED) is 0.417. The first-order valence-electron chi connectivity index (χ1n) is 10.5. The number of methoxy groups -OCH3 is 1. The number of benzene rings is 3. The maximum atomic E-state index is 13.8. The third-order valence-electron chi connectivity index (χ3n) is 5.90. The van der Waals surface area contributed by atoms with Crippen LogP contribution < -0.4 is 14.5 Å². The summed E-state index contributed by atoms with van der Waals surface area (Å²) in [6.45, 7) is 4.02. The van der Waals surface area contributed by atoms with Gasteiger partial charge in [0, 0.05) is 23.8 Å². The van der Waals surface area contributed by atoms with Gasteiger partial charge in [-0.3, -0.25) is 5.32 Å². The van der Waals surface area contributed by atoms with Crippen molar-refractivity contribution in [1.29, 1.82) is 0 Å². The van der Waals surface area contributed by atoms with E-state index in [4.69, 9.17) is 4.74 Å². The topological polar surface area (TPSA) is 75.6 Å². The number of urea groups is 1. The predicted octanol–water partition coefficient (Wildman–Crippen LogP) is 5.29. The highest BCUT2D eigenvalue weighted by molar-refractivity contribution is 6.23. The lowest BCUT2D eigenvalue weighted by Crippen LogP contribution is -2.55. The van der Waals surface area contributed by atoms with Crippen molar-refractivity contribution in [2.45, 2.75) is 13.8 Å². The molecule has 1 aliphatic rings. The van der Waals surface area contributed by atoms with Crippen LogP contribution in [0, 0.1) is 13.8 Å². The zero-order valence-electron chi connectivity index (χ0n) is 18.7. The molecule has 1 heterocycles. The zero-order valence-corrected chi connectivity index (χ0v) is 18.7. The minimum absolute atomic E-state index is 0.00708. The SMILES string of the molecule is COc1cc(C=CC(=O)[N+]2(c3ccccc3)C(=O)NC=C2c2ccc(C)c(C)c2)ccc1O. The van der Waals surface area contributed by atoms with Crippen molar-refractivity contribution in [3.8, 4) is 11.5 Å². The van der Waals surface area contributed by atoms with E-state index < -0.39 is 16.4 Å². The van der Waals surface area contributed by atoms with Crippen molar-refractivity contribution in [3.63, 3.8) is 0 Å². The number of quaternary nitrogens is 1. The molecule has 3 aromatic rings. The monoisotopic (exact) mass is 441 g/mol. The minimum atomic E-state index is -0.616. The van der Waals surface area contributed by atoms with Crippen LogP contribution in [0.4, 0.5) is 10.5 Å². The molecule has 0 fully saturated rings. The van der Waals surface area contributed by atoms with Crippen LogP contribution >= 0.6 is 0 Å². The van der Waals surface area contributed by atoms with Crippen LogP contribution in [0.2, 0.25) is 0 Å². The number of carbonyl (C=O) groups excluding carboxylic acids is 2. The van der Waals surface area contributed by atoms with Crippen LogP contribution in [0.15, 0.2) is 79.0 Å². The summed E-state index contributed by atoms with van der Waals surface area (Å²) in [6.07, 6.45) is 4.60. The average Bonchev–Trinajstić information content (AvgIpc) is 3.18. The number of nitrogens with zero attached hydrogens (tertiary/aromatic N) is 1. The molecule has 166 valence electrons. The van der Waals surface area contributed by atoms with Crippen molar-refractivity contribution in [3.05, 3.63) is 101 Å². The number of aryl methyl sites for hydroxylation is 2. The highest BCUT2D eigenvalue weighted by Gasteiger charge is 2.54. The summed E-state index contributed by atoms with van der Waals surface area (Å²) in [5.74, 6) is -0.119. The summed E-state index contributed by atoms with van der Waals surface area (Å²) < 4.78 is 4.53. The zero-order chi connectivity index (χ0) is 23.6. The number of imide groups is 1. The Hall–Kier alpha value is -4.16. The molecule has 0 aromatic heterocycles. The van der Waals surface area contributed by atoms with Gasteiger partial charge in [0.05, 0.1) is 13.3 Å². The first kappa shape index (κ1) is 22.0. The van der Waals surface area contributed by atoms with Gasteiger partial charge < -0.3 is 9.84 Å². The number of amides is 3. The van der Waals surface area contributed by atoms with E-state index in [1.165, 1.54) is 19.3 Å². The summed E-state index contributed by atoms with van der Waals surface area (Å²) in [7, 11) is 1.46. The van der Waals surface area contributed by atoms with Crippen molar-refractivity contribution in [2.24, 2.45) is 0 Å². The Labute approximate surface area is 192 Å². The van der Waals surface area contributed by atoms with E-state index in [0.29, 0.717) is 22.7 Å². The minimum Gasteiger partial charge on any atom is -0.504 e. The van der Waals surface area contributed by atoms with E-state index in [2.05, 4.69) is 5.32 Å². The van der Waals surface area contributed by atoms with Crippen molar-refractivity contribution >= 4 is 29.4 Å². The van der Waals surface area contributed by atoms with Gasteiger partial charge in [-0.15, -0.1) is 4.48 Å². The summed E-state index contributed by atoms with van der Waals surface area (Å²) >= 11 is 0. The highest BCUT2D eigenvalue weighted by atomic mass is 16.5. The number of nitrogens with one attached hydrogen (secondary N) is 1. The number of aromatic hydroxyl groups is 1. The van der Waals surface area contributed by atoms with Gasteiger partial charge in [-0.1, -0.05) is 30.3 Å². The van der Waals surface area contributed by atoms with Crippen LogP contribution in [0.5, 0.6) is 11.5 Å². The Morgan fingerprint density at radius 1 is 1.00 bits per heavy atom. The molecule has 0 radical (unpaired) electrons. The normalized spacial score (nSPS) is 17.7. The summed E-state index contributed by atoms with van der Waals surface area (Å²) in [6, 6.07) is 19.2. The average molecular weight is 442 g/mol. The number of rotatable bonds is 5. The van der Waals surface area contributed by atoms with Crippen LogP contribution in [0.1, 0.15) is 22.3 Å². The number of carbonyl (C=O) groups is 2. The van der Waals surface area contributed by atoms with E-state index in [-0.39, 0.29) is 5.75 Å². The molecular formula is C27H25N2O4+. The van der Waals surface area contributed by atoms with Crippen LogP contribution in [-0.4, -0.2) is 24.2 Å². The van der Waals surface area contributed by atoms with Gasteiger partial charge >= 0.3 is 11.9 Å². The van der Waals surface area contributed by atoms with E-state index in [9.17, 15) is 14.7 Å². The molecular weight excluding hydrogens is 416 g/mol. The fraction of sp³-hybridized carbons (Fsp3) is 0.111. The van der Waals surface area contributed by atoms with Crippen molar-refractivity contribution < 1.29 is 19.4 Å². The Kier molecular flexibility index (Phi) is 5.85. The Balaban J connectivity index is 1.84. The Morgan fingerprint density at radius 2 is 1.76 bits per heavy atom. The van der Waals surface area contributed by atoms with E-state index in [0.717, 1.165) is 16.7 Å². The number of phenols is 1. The Bertz CT molecular complexity index is 1290. The van der Waals surface area contributed by atoms with Gasteiger partial charge in [0.1, 0.15) is 0 Å². The molecule has 0 saturated heterocycles. The lowest BCUT2D eigenvalue weighted by molar-refractivity contribution is -0.120. The summed E-state index contributed by atoms with van der Waals surface area (Å²) in [4.78, 5) is 27.1. The van der Waals surface area contributed by atoms with Crippen LogP contribution in [0.3, 0.4) is 0 Å². The maximum absolute atomic E-state index is 13.8. The molecule has 0 aliphatic carbocycles. The molecule has 4 rings (SSSR count). The van der Waals surface area contributed by atoms with Crippen molar-refractivity contribution in [2.75, 3.05) is 7.11 Å². The van der Waals surface area contributed by atoms with E-state index in [1.807, 2.05) is 38.1 Å². The van der Waals surface area contributed by atoms with Gasteiger partial charge in [-0.05, 0) is 60.9 Å². The van der Waals surface area contributed by atoms with Crippen LogP contribution in [-0.2, 0) is 4.79 Å². The highest BCUT2D eigenvalue weighted by Crippen LogP contribution is 2.39. The molecule has 0 spiro atoms. The number of phenolic OH excluding ortho intramolecular Hbond substituents is 1. The number of hydrogen-bond donors (Lipinski definition) is 2. The van der Waals surface area contributed by atoms with Crippen molar-refractivity contribution in [1.82, 2.24) is 9.80 Å². The molecule has 6 nitrogen and oxygen atoms in total. The van der Waals surface area contributed by atoms with Gasteiger partial charge in [0.25, 0.3) is 0 Å². The van der Waals surface area contributed by atoms with Gasteiger partial charge in [0.2, 0.25) is 0 Å². The molecule has 0 saturated carbocycles. The molecule has 3 amide bonds. The molecule has 1 atom stereocenters. The second kappa shape index (κ2) is 8.76. The third kappa shape index (κ3) is 3.81. The predicted molar refractivity (Wildman–Crippen MR) is 129 cm³/mol. The fourth-order valence-corrected chi connectivity index (χ4v) is 3.94.